The van der Waals surface area contributed by atoms with Gasteiger partial charge in [0.1, 0.15) is 10.5 Å². The first-order valence-corrected chi connectivity index (χ1v) is 9.12. The van der Waals surface area contributed by atoms with Crippen LogP contribution in [-0.4, -0.2) is 20.2 Å². The van der Waals surface area contributed by atoms with Crippen molar-refractivity contribution in [2.75, 3.05) is 0 Å². The maximum atomic E-state index is 11.9. The number of fused-ring (bicyclic) bond motifs is 1. The highest BCUT2D eigenvalue weighted by Gasteiger charge is 2.11. The van der Waals surface area contributed by atoms with Crippen molar-refractivity contribution in [1.82, 2.24) is 20.2 Å². The molecule has 0 spiro atoms. The second kappa shape index (κ2) is 6.39. The van der Waals surface area contributed by atoms with Crippen molar-refractivity contribution >= 4 is 44.9 Å². The molecule has 0 aliphatic rings. The van der Waals surface area contributed by atoms with E-state index in [2.05, 4.69) is 20.2 Å². The molecule has 0 aliphatic heterocycles. The fourth-order valence-corrected chi connectivity index (χ4v) is 3.58. The van der Waals surface area contributed by atoms with Crippen molar-refractivity contribution in [3.63, 3.8) is 0 Å². The zero-order chi connectivity index (χ0) is 16.5. The number of benzene rings is 1. The second-order valence-electron chi connectivity index (χ2n) is 4.82. The molecule has 0 aliphatic carbocycles. The van der Waals surface area contributed by atoms with Crippen molar-refractivity contribution in [2.24, 2.45) is 0 Å². The molecule has 0 unspecified atom stereocenters. The molecule has 120 valence electrons. The Morgan fingerprint density at radius 1 is 1.21 bits per heavy atom. The Kier molecular flexibility index (Phi) is 4.09. The van der Waals surface area contributed by atoms with Crippen LogP contribution in [0.2, 0.25) is 5.02 Å². The lowest BCUT2D eigenvalue weighted by Gasteiger charge is -1.98. The van der Waals surface area contributed by atoms with Gasteiger partial charge in [0.05, 0.1) is 11.3 Å². The third kappa shape index (κ3) is 3.08. The number of nitrogens with zero attached hydrogens (tertiary/aromatic N) is 3. The van der Waals surface area contributed by atoms with Crippen LogP contribution in [0.25, 0.3) is 21.7 Å². The Morgan fingerprint density at radius 3 is 2.88 bits per heavy atom. The molecule has 9 heteroatoms. The van der Waals surface area contributed by atoms with E-state index in [0.29, 0.717) is 37.9 Å². The van der Waals surface area contributed by atoms with E-state index in [1.54, 1.807) is 12.1 Å². The standard InChI is InChI=1S/C15H9ClN4O2S2/c16-9-3-1-8(2-4-9)14-19-20-15(22-14)24-7-11-17-10-5-6-23-12(10)13(21)18-11/h1-6H,7H2,(H,17,18,21). The van der Waals surface area contributed by atoms with Gasteiger partial charge in [0.25, 0.3) is 10.8 Å². The summed E-state index contributed by atoms with van der Waals surface area (Å²) in [6, 6.07) is 8.98. The first-order valence-electron chi connectivity index (χ1n) is 6.88. The quantitative estimate of drug-likeness (QED) is 0.542. The molecule has 0 radical (unpaired) electrons. The molecular weight excluding hydrogens is 368 g/mol. The van der Waals surface area contributed by atoms with E-state index in [0.717, 1.165) is 5.56 Å². The first-order chi connectivity index (χ1) is 11.7. The molecule has 0 amide bonds. The maximum absolute atomic E-state index is 11.9. The molecule has 0 fully saturated rings. The number of rotatable bonds is 4. The smallest absolute Gasteiger partial charge is 0.277 e. The average Bonchev–Trinajstić information content (AvgIpc) is 3.23. The fraction of sp³-hybridized carbons (Fsp3) is 0.0667. The third-order valence-corrected chi connectivity index (χ3v) is 5.18. The molecule has 1 aromatic carbocycles. The van der Waals surface area contributed by atoms with Crippen molar-refractivity contribution < 1.29 is 4.42 Å². The zero-order valence-electron chi connectivity index (χ0n) is 12.0. The van der Waals surface area contributed by atoms with Gasteiger partial charge in [0.2, 0.25) is 5.89 Å². The predicted molar refractivity (Wildman–Crippen MR) is 94.5 cm³/mol. The summed E-state index contributed by atoms with van der Waals surface area (Å²) in [6.07, 6.45) is 0. The van der Waals surface area contributed by atoms with Gasteiger partial charge in [-0.3, -0.25) is 4.79 Å². The number of aromatic amines is 1. The number of hydrogen-bond acceptors (Lipinski definition) is 7. The SMILES string of the molecule is O=c1[nH]c(CSc2nnc(-c3ccc(Cl)cc3)o2)nc2ccsc12. The van der Waals surface area contributed by atoms with Gasteiger partial charge in [-0.05, 0) is 35.7 Å². The Labute approximate surface area is 148 Å². The molecule has 4 rings (SSSR count). The Bertz CT molecular complexity index is 1060. The van der Waals surface area contributed by atoms with Crippen molar-refractivity contribution in [3.8, 4) is 11.5 Å². The van der Waals surface area contributed by atoms with Gasteiger partial charge >= 0.3 is 0 Å². The summed E-state index contributed by atoms with van der Waals surface area (Å²) in [6.45, 7) is 0. The van der Waals surface area contributed by atoms with E-state index in [1.807, 2.05) is 23.6 Å². The lowest BCUT2D eigenvalue weighted by atomic mass is 10.2. The number of hydrogen-bond donors (Lipinski definition) is 1. The number of thioether (sulfide) groups is 1. The van der Waals surface area contributed by atoms with Gasteiger partial charge in [-0.2, -0.15) is 0 Å². The van der Waals surface area contributed by atoms with Gasteiger partial charge in [-0.15, -0.1) is 21.5 Å². The molecule has 0 atom stereocenters. The minimum atomic E-state index is -0.127. The van der Waals surface area contributed by atoms with Crippen LogP contribution in [0.1, 0.15) is 5.82 Å². The third-order valence-electron chi connectivity index (χ3n) is 3.19. The molecule has 24 heavy (non-hydrogen) atoms. The first kappa shape index (κ1) is 15.4. The summed E-state index contributed by atoms with van der Waals surface area (Å²) in [5.41, 5.74) is 1.37. The molecule has 0 saturated heterocycles. The minimum absolute atomic E-state index is 0.127. The number of nitrogens with one attached hydrogen (secondary N) is 1. The van der Waals surface area contributed by atoms with Crippen LogP contribution in [0.4, 0.5) is 0 Å². The van der Waals surface area contributed by atoms with Crippen molar-refractivity contribution in [1.29, 1.82) is 0 Å². The summed E-state index contributed by atoms with van der Waals surface area (Å²) in [5.74, 6) is 1.43. The van der Waals surface area contributed by atoms with E-state index in [-0.39, 0.29) is 5.56 Å². The van der Waals surface area contributed by atoms with Crippen LogP contribution >= 0.6 is 34.7 Å². The molecular formula is C15H9ClN4O2S2. The van der Waals surface area contributed by atoms with E-state index in [9.17, 15) is 4.79 Å². The van der Waals surface area contributed by atoms with Crippen molar-refractivity contribution in [2.45, 2.75) is 11.0 Å². The lowest BCUT2D eigenvalue weighted by Crippen LogP contribution is -2.09. The predicted octanol–water partition coefficient (Wildman–Crippen LogP) is 3.98. The van der Waals surface area contributed by atoms with Crippen LogP contribution in [-0.2, 0) is 5.75 Å². The van der Waals surface area contributed by atoms with Crippen molar-refractivity contribution in [3.05, 3.63) is 56.9 Å². The highest BCUT2D eigenvalue weighted by atomic mass is 35.5. The molecule has 3 aromatic heterocycles. The summed E-state index contributed by atoms with van der Waals surface area (Å²) in [5, 5.41) is 10.9. The molecule has 6 nitrogen and oxygen atoms in total. The number of halogens is 1. The van der Waals surface area contributed by atoms with Gasteiger partial charge in [0.15, 0.2) is 0 Å². The summed E-state index contributed by atoms with van der Waals surface area (Å²) in [4.78, 5) is 19.1. The Hall–Kier alpha value is -2.16. The van der Waals surface area contributed by atoms with Gasteiger partial charge in [-0.25, -0.2) is 4.98 Å². The maximum Gasteiger partial charge on any atom is 0.277 e. The van der Waals surface area contributed by atoms with Crippen LogP contribution in [0.3, 0.4) is 0 Å². The number of thiophene rings is 1. The van der Waals surface area contributed by atoms with E-state index in [1.165, 1.54) is 23.1 Å². The Balaban J connectivity index is 1.51. The van der Waals surface area contributed by atoms with Crippen LogP contribution in [0.15, 0.2) is 50.1 Å². The topological polar surface area (TPSA) is 84.7 Å². The lowest BCUT2D eigenvalue weighted by molar-refractivity contribution is 0.465. The Morgan fingerprint density at radius 2 is 2.04 bits per heavy atom. The molecule has 3 heterocycles. The monoisotopic (exact) mass is 376 g/mol. The normalized spacial score (nSPS) is 11.2. The van der Waals surface area contributed by atoms with Gasteiger partial charge in [0, 0.05) is 10.6 Å². The van der Waals surface area contributed by atoms with Crippen LogP contribution < -0.4 is 5.56 Å². The number of aromatic nitrogens is 4. The summed E-state index contributed by atoms with van der Waals surface area (Å²) < 4.78 is 6.25. The average molecular weight is 377 g/mol. The highest BCUT2D eigenvalue weighted by Crippen LogP contribution is 2.26. The second-order valence-corrected chi connectivity index (χ2v) is 7.10. The van der Waals surface area contributed by atoms with Gasteiger partial charge in [-0.1, -0.05) is 23.4 Å². The van der Waals surface area contributed by atoms with E-state index >= 15 is 0 Å². The van der Waals surface area contributed by atoms with E-state index in [4.69, 9.17) is 16.0 Å². The van der Waals surface area contributed by atoms with Crippen LogP contribution in [0.5, 0.6) is 0 Å². The molecule has 0 bridgehead atoms. The van der Waals surface area contributed by atoms with E-state index < -0.39 is 0 Å². The fourth-order valence-electron chi connectivity index (χ4n) is 2.10. The van der Waals surface area contributed by atoms with Crippen LogP contribution in [0, 0.1) is 0 Å². The van der Waals surface area contributed by atoms with Gasteiger partial charge < -0.3 is 9.40 Å². The summed E-state index contributed by atoms with van der Waals surface area (Å²) in [7, 11) is 0. The highest BCUT2D eigenvalue weighted by molar-refractivity contribution is 7.98. The molecule has 1 N–H and O–H groups in total. The molecule has 0 saturated carbocycles. The number of H-pyrrole nitrogens is 1. The largest absolute Gasteiger partial charge is 0.411 e. The minimum Gasteiger partial charge on any atom is -0.411 e. The zero-order valence-corrected chi connectivity index (χ0v) is 14.4. The molecule has 4 aromatic rings. The summed E-state index contributed by atoms with van der Waals surface area (Å²) >= 11 is 8.55.